The summed E-state index contributed by atoms with van der Waals surface area (Å²) in [5.74, 6) is 0.00940. The van der Waals surface area contributed by atoms with E-state index in [0.717, 1.165) is 10.1 Å². The Morgan fingerprint density at radius 1 is 1.39 bits per heavy atom. The lowest BCUT2D eigenvalue weighted by Gasteiger charge is -2.26. The maximum absolute atomic E-state index is 12.4. The van der Waals surface area contributed by atoms with Gasteiger partial charge in [-0.2, -0.15) is 0 Å². The summed E-state index contributed by atoms with van der Waals surface area (Å²) in [5.41, 5.74) is 2.20. The third-order valence-electron chi connectivity index (χ3n) is 3.02. The van der Waals surface area contributed by atoms with Crippen LogP contribution in [0.4, 0.5) is 0 Å². The fourth-order valence-corrected chi connectivity index (χ4v) is 2.38. The molecule has 0 radical (unpaired) electrons. The fourth-order valence-electron chi connectivity index (χ4n) is 2.08. The van der Waals surface area contributed by atoms with Crippen LogP contribution in [0.1, 0.15) is 10.4 Å². The molecule has 18 heavy (non-hydrogen) atoms. The molecule has 0 unspecified atom stereocenters. The number of nitrogens with one attached hydrogen (secondary N) is 1. The second-order valence-electron chi connectivity index (χ2n) is 4.14. The number of halogens is 1. The van der Waals surface area contributed by atoms with Gasteiger partial charge in [0.25, 0.3) is 5.91 Å². The molecule has 3 heterocycles. The number of fused-ring (bicyclic) bond motifs is 1. The molecular weight excluding hydrogens is 298 g/mol. The number of hydrogen-bond donors (Lipinski definition) is 1. The summed E-state index contributed by atoms with van der Waals surface area (Å²) in [6.45, 7) is 2.48. The molecule has 1 N–H and O–H groups in total. The third kappa shape index (κ3) is 2.02. The number of rotatable bonds is 1. The van der Waals surface area contributed by atoms with Gasteiger partial charge < -0.3 is 14.6 Å². The summed E-state index contributed by atoms with van der Waals surface area (Å²) >= 11 is 3.33. The van der Waals surface area contributed by atoms with Crippen LogP contribution in [-0.4, -0.2) is 47.1 Å². The van der Waals surface area contributed by atoms with E-state index in [1.165, 1.54) is 0 Å². The molecule has 2 aromatic rings. The first-order chi connectivity index (χ1) is 8.75. The summed E-state index contributed by atoms with van der Waals surface area (Å²) < 4.78 is 5.98. The van der Waals surface area contributed by atoms with Gasteiger partial charge in [0, 0.05) is 19.3 Å². The summed E-state index contributed by atoms with van der Waals surface area (Å²) in [6.07, 6.45) is 1.72. The Balaban J connectivity index is 1.98. The van der Waals surface area contributed by atoms with Crippen molar-refractivity contribution >= 4 is 32.9 Å². The Labute approximate surface area is 112 Å². The van der Waals surface area contributed by atoms with Crippen molar-refractivity contribution in [3.63, 3.8) is 0 Å². The van der Waals surface area contributed by atoms with E-state index in [1.807, 2.05) is 12.1 Å². The van der Waals surface area contributed by atoms with Gasteiger partial charge in [-0.3, -0.25) is 4.79 Å². The van der Waals surface area contributed by atoms with E-state index in [4.69, 9.17) is 4.74 Å². The summed E-state index contributed by atoms with van der Waals surface area (Å²) in [7, 11) is 0. The number of hydrogen-bond acceptors (Lipinski definition) is 3. The van der Waals surface area contributed by atoms with Crippen LogP contribution in [0.15, 0.2) is 22.9 Å². The summed E-state index contributed by atoms with van der Waals surface area (Å²) in [5, 5.41) is 0. The molecule has 2 aromatic heterocycles. The average molecular weight is 310 g/mol. The lowest BCUT2D eigenvalue weighted by Crippen LogP contribution is -2.40. The van der Waals surface area contributed by atoms with Crippen molar-refractivity contribution in [3.05, 3.63) is 28.5 Å². The molecule has 0 aromatic carbocycles. The highest BCUT2D eigenvalue weighted by Crippen LogP contribution is 2.20. The van der Waals surface area contributed by atoms with Crippen molar-refractivity contribution in [2.75, 3.05) is 26.3 Å². The molecule has 0 spiro atoms. The van der Waals surface area contributed by atoms with Crippen LogP contribution in [0, 0.1) is 0 Å². The molecule has 94 valence electrons. The molecule has 3 rings (SSSR count). The van der Waals surface area contributed by atoms with E-state index in [1.54, 1.807) is 11.1 Å². The van der Waals surface area contributed by atoms with Gasteiger partial charge in [-0.05, 0) is 28.1 Å². The first-order valence-corrected chi connectivity index (χ1v) is 6.55. The van der Waals surface area contributed by atoms with E-state index in [0.29, 0.717) is 37.4 Å². The molecule has 0 aliphatic carbocycles. The zero-order chi connectivity index (χ0) is 12.5. The predicted octanol–water partition coefficient (Wildman–Crippen LogP) is 1.80. The number of H-pyrrole nitrogens is 1. The Hall–Kier alpha value is -1.40. The number of ether oxygens (including phenoxy) is 1. The molecule has 0 atom stereocenters. The quantitative estimate of drug-likeness (QED) is 0.817. The highest BCUT2D eigenvalue weighted by Gasteiger charge is 2.21. The highest BCUT2D eigenvalue weighted by molar-refractivity contribution is 9.10. The molecule has 1 fully saturated rings. The van der Waals surface area contributed by atoms with E-state index in [2.05, 4.69) is 25.9 Å². The van der Waals surface area contributed by atoms with Gasteiger partial charge in [-0.15, -0.1) is 0 Å². The van der Waals surface area contributed by atoms with E-state index >= 15 is 0 Å². The second kappa shape index (κ2) is 4.70. The van der Waals surface area contributed by atoms with Crippen molar-refractivity contribution in [1.29, 1.82) is 0 Å². The van der Waals surface area contributed by atoms with Gasteiger partial charge >= 0.3 is 0 Å². The Morgan fingerprint density at radius 2 is 2.17 bits per heavy atom. The molecule has 1 amide bonds. The minimum Gasteiger partial charge on any atom is -0.378 e. The minimum atomic E-state index is 0.00940. The smallest absolute Gasteiger partial charge is 0.257 e. The van der Waals surface area contributed by atoms with Crippen LogP contribution >= 0.6 is 15.9 Å². The summed E-state index contributed by atoms with van der Waals surface area (Å²) in [6, 6.07) is 3.75. The van der Waals surface area contributed by atoms with Gasteiger partial charge in [0.05, 0.1) is 24.3 Å². The zero-order valence-corrected chi connectivity index (χ0v) is 11.2. The second-order valence-corrected chi connectivity index (χ2v) is 4.95. The zero-order valence-electron chi connectivity index (χ0n) is 9.65. The number of aromatic amines is 1. The number of nitrogens with zero attached hydrogens (tertiary/aromatic N) is 2. The first-order valence-electron chi connectivity index (χ1n) is 5.76. The monoisotopic (exact) mass is 309 g/mol. The van der Waals surface area contributed by atoms with E-state index < -0.39 is 0 Å². The predicted molar refractivity (Wildman–Crippen MR) is 70.5 cm³/mol. The van der Waals surface area contributed by atoms with Crippen LogP contribution in [-0.2, 0) is 4.74 Å². The lowest BCUT2D eigenvalue weighted by atomic mass is 10.2. The SMILES string of the molecule is O=C(c1c[nH]c2ccc(Br)nc12)N1CCOCC1. The number of carbonyl (C=O) groups is 1. The molecular formula is C12H12BrN3O2. The molecule has 6 heteroatoms. The van der Waals surface area contributed by atoms with Crippen molar-refractivity contribution in [2.45, 2.75) is 0 Å². The number of amides is 1. The van der Waals surface area contributed by atoms with Crippen molar-refractivity contribution in [1.82, 2.24) is 14.9 Å². The average Bonchev–Trinajstić information content (AvgIpc) is 2.82. The van der Waals surface area contributed by atoms with Crippen molar-refractivity contribution in [3.8, 4) is 0 Å². The summed E-state index contributed by atoms with van der Waals surface area (Å²) in [4.78, 5) is 21.6. The highest BCUT2D eigenvalue weighted by atomic mass is 79.9. The van der Waals surface area contributed by atoms with E-state index in [-0.39, 0.29) is 5.91 Å². The molecule has 5 nitrogen and oxygen atoms in total. The fraction of sp³-hybridized carbons (Fsp3) is 0.333. The van der Waals surface area contributed by atoms with Gasteiger partial charge in [0.1, 0.15) is 10.1 Å². The van der Waals surface area contributed by atoms with Crippen LogP contribution in [0.25, 0.3) is 11.0 Å². The standard InChI is InChI=1S/C12H12BrN3O2/c13-10-2-1-9-11(15-10)8(7-14-9)12(17)16-3-5-18-6-4-16/h1-2,7,14H,3-6H2. The Bertz CT molecular complexity index is 590. The maximum atomic E-state index is 12.4. The van der Waals surface area contributed by atoms with Crippen LogP contribution < -0.4 is 0 Å². The van der Waals surface area contributed by atoms with E-state index in [9.17, 15) is 4.79 Å². The minimum absolute atomic E-state index is 0.00940. The lowest BCUT2D eigenvalue weighted by molar-refractivity contribution is 0.0304. The molecule has 0 saturated carbocycles. The molecule has 1 saturated heterocycles. The van der Waals surface area contributed by atoms with Gasteiger partial charge in [-0.25, -0.2) is 4.98 Å². The molecule has 0 bridgehead atoms. The normalized spacial score (nSPS) is 16.2. The van der Waals surface area contributed by atoms with Crippen molar-refractivity contribution < 1.29 is 9.53 Å². The van der Waals surface area contributed by atoms with Gasteiger partial charge in [0.15, 0.2) is 0 Å². The Kier molecular flexibility index (Phi) is 3.05. The maximum Gasteiger partial charge on any atom is 0.257 e. The van der Waals surface area contributed by atoms with Gasteiger partial charge in [-0.1, -0.05) is 0 Å². The molecule has 1 aliphatic rings. The van der Waals surface area contributed by atoms with Crippen LogP contribution in [0.3, 0.4) is 0 Å². The number of carbonyl (C=O) groups excluding carboxylic acids is 1. The molecule has 1 aliphatic heterocycles. The van der Waals surface area contributed by atoms with Gasteiger partial charge in [0.2, 0.25) is 0 Å². The topological polar surface area (TPSA) is 58.2 Å². The number of pyridine rings is 1. The first kappa shape index (κ1) is 11.7. The van der Waals surface area contributed by atoms with Crippen molar-refractivity contribution in [2.24, 2.45) is 0 Å². The number of morpholine rings is 1. The van der Waals surface area contributed by atoms with Crippen LogP contribution in [0.2, 0.25) is 0 Å². The number of aromatic nitrogens is 2. The largest absolute Gasteiger partial charge is 0.378 e. The van der Waals surface area contributed by atoms with Crippen LogP contribution in [0.5, 0.6) is 0 Å². The third-order valence-corrected chi connectivity index (χ3v) is 3.46. The Morgan fingerprint density at radius 3 is 2.94 bits per heavy atom.